The number of aromatic nitrogens is 2. The second-order valence-corrected chi connectivity index (χ2v) is 13.8. The van der Waals surface area contributed by atoms with Gasteiger partial charge in [0.15, 0.2) is 0 Å². The maximum Gasteiger partial charge on any atom is 0.387 e. The Kier molecular flexibility index (Phi) is 16.5. The van der Waals surface area contributed by atoms with Crippen LogP contribution in [-0.4, -0.2) is 65.1 Å². The summed E-state index contributed by atoms with van der Waals surface area (Å²) in [5.41, 5.74) is 3.23. The van der Waals surface area contributed by atoms with E-state index in [4.69, 9.17) is 4.98 Å². The van der Waals surface area contributed by atoms with Crippen molar-refractivity contribution in [3.8, 4) is 5.75 Å². The average molecular weight is 656 g/mol. The predicted molar refractivity (Wildman–Crippen MR) is 190 cm³/mol. The van der Waals surface area contributed by atoms with E-state index in [2.05, 4.69) is 61.2 Å². The van der Waals surface area contributed by atoms with Crippen LogP contribution in [0.15, 0.2) is 42.5 Å². The fraction of sp³-hybridized carbons (Fsp3) is 0.632. The zero-order chi connectivity index (χ0) is 34.2. The number of aryl methyl sites for hydroxylation is 1. The number of unbranched alkanes of at least 4 members (excludes halogenated alkanes) is 5. The summed E-state index contributed by atoms with van der Waals surface area (Å²) in [6, 6.07) is 12.5. The van der Waals surface area contributed by atoms with Gasteiger partial charge in [-0.2, -0.15) is 8.78 Å². The molecule has 0 aliphatic rings. The van der Waals surface area contributed by atoms with Gasteiger partial charge in [-0.05, 0) is 100.0 Å². The van der Waals surface area contributed by atoms with E-state index in [1.165, 1.54) is 38.2 Å². The van der Waals surface area contributed by atoms with E-state index >= 15 is 0 Å². The first-order valence-electron chi connectivity index (χ1n) is 17.8. The third-order valence-corrected chi connectivity index (χ3v) is 8.62. The third kappa shape index (κ3) is 13.4. The van der Waals surface area contributed by atoms with Gasteiger partial charge >= 0.3 is 6.61 Å². The minimum absolute atomic E-state index is 0.0619. The van der Waals surface area contributed by atoms with Crippen LogP contribution < -0.4 is 10.1 Å². The van der Waals surface area contributed by atoms with Gasteiger partial charge in [0.05, 0.1) is 11.0 Å². The Morgan fingerprint density at radius 3 is 2.23 bits per heavy atom. The van der Waals surface area contributed by atoms with Gasteiger partial charge in [-0.25, -0.2) is 4.98 Å². The molecule has 0 spiro atoms. The average Bonchev–Trinajstić information content (AvgIpc) is 3.37. The van der Waals surface area contributed by atoms with Crippen molar-refractivity contribution in [1.82, 2.24) is 19.4 Å². The number of ether oxygens (including phenoxy) is 1. The number of alkyl halides is 2. The Balaban J connectivity index is 1.80. The SMILES string of the molecule is CCCCCCCN(C)CCCCn1c(NCc2cccc(OC(F)F)c2)nc2ccc(C(=O)N(CCC(C)C)CCC(C)C)cc21. The number of nitrogens with zero attached hydrogens (tertiary/aromatic N) is 4. The van der Waals surface area contributed by atoms with E-state index in [0.717, 1.165) is 75.0 Å². The molecule has 0 saturated carbocycles. The number of carbonyl (C=O) groups excluding carboxylic acids is 1. The number of amides is 1. The van der Waals surface area contributed by atoms with Crippen molar-refractivity contribution in [2.75, 3.05) is 38.5 Å². The molecule has 262 valence electrons. The highest BCUT2D eigenvalue weighted by Gasteiger charge is 2.19. The second-order valence-electron chi connectivity index (χ2n) is 13.8. The number of fused-ring (bicyclic) bond motifs is 1. The highest BCUT2D eigenvalue weighted by Crippen LogP contribution is 2.25. The third-order valence-electron chi connectivity index (χ3n) is 8.62. The summed E-state index contributed by atoms with van der Waals surface area (Å²) >= 11 is 0. The molecule has 0 fully saturated rings. The molecule has 2 aromatic carbocycles. The van der Waals surface area contributed by atoms with Crippen molar-refractivity contribution in [2.45, 2.75) is 112 Å². The van der Waals surface area contributed by atoms with Gasteiger partial charge in [0.2, 0.25) is 5.95 Å². The largest absolute Gasteiger partial charge is 0.435 e. The van der Waals surface area contributed by atoms with Crippen LogP contribution in [0, 0.1) is 11.8 Å². The molecule has 0 atom stereocenters. The molecular formula is C38H59F2N5O2. The van der Waals surface area contributed by atoms with Crippen LogP contribution in [0.5, 0.6) is 5.75 Å². The van der Waals surface area contributed by atoms with Crippen LogP contribution in [0.3, 0.4) is 0 Å². The van der Waals surface area contributed by atoms with E-state index in [-0.39, 0.29) is 11.7 Å². The molecule has 3 aromatic rings. The van der Waals surface area contributed by atoms with Crippen molar-refractivity contribution in [1.29, 1.82) is 0 Å². The molecule has 1 N–H and O–H groups in total. The number of hydrogen-bond donors (Lipinski definition) is 1. The molecule has 0 bridgehead atoms. The Morgan fingerprint density at radius 1 is 0.894 bits per heavy atom. The number of halogens is 2. The Labute approximate surface area is 282 Å². The summed E-state index contributed by atoms with van der Waals surface area (Å²) in [5, 5.41) is 3.43. The number of nitrogens with one attached hydrogen (secondary N) is 1. The lowest BCUT2D eigenvalue weighted by molar-refractivity contribution is -0.0498. The summed E-state index contributed by atoms with van der Waals surface area (Å²) in [4.78, 5) is 23.2. The quantitative estimate of drug-likeness (QED) is 0.103. The normalized spacial score (nSPS) is 11.8. The first-order valence-corrected chi connectivity index (χ1v) is 17.8. The molecule has 0 aliphatic heterocycles. The molecule has 0 unspecified atom stereocenters. The number of imidazole rings is 1. The molecule has 1 amide bonds. The van der Waals surface area contributed by atoms with Crippen molar-refractivity contribution in [3.05, 3.63) is 53.6 Å². The fourth-order valence-corrected chi connectivity index (χ4v) is 5.70. The lowest BCUT2D eigenvalue weighted by atomic mass is 10.1. The topological polar surface area (TPSA) is 62.6 Å². The van der Waals surface area contributed by atoms with Gasteiger partial charge in [-0.3, -0.25) is 4.79 Å². The maximum atomic E-state index is 13.8. The van der Waals surface area contributed by atoms with E-state index in [0.29, 0.717) is 29.9 Å². The number of hydrogen-bond acceptors (Lipinski definition) is 5. The number of anilines is 1. The molecule has 1 aromatic heterocycles. The van der Waals surface area contributed by atoms with Gasteiger partial charge < -0.3 is 24.4 Å². The lowest BCUT2D eigenvalue weighted by Crippen LogP contribution is -2.34. The summed E-state index contributed by atoms with van der Waals surface area (Å²) < 4.78 is 32.4. The molecular weight excluding hydrogens is 596 g/mol. The van der Waals surface area contributed by atoms with Crippen LogP contribution in [0.25, 0.3) is 11.0 Å². The minimum atomic E-state index is -2.87. The number of benzene rings is 2. The van der Waals surface area contributed by atoms with E-state index in [1.54, 1.807) is 12.1 Å². The molecule has 9 heteroatoms. The second kappa shape index (κ2) is 20.2. The van der Waals surface area contributed by atoms with Crippen LogP contribution >= 0.6 is 0 Å². The summed E-state index contributed by atoms with van der Waals surface area (Å²) in [5.74, 6) is 1.93. The van der Waals surface area contributed by atoms with Crippen LogP contribution in [0.4, 0.5) is 14.7 Å². The van der Waals surface area contributed by atoms with Gasteiger partial charge in [0, 0.05) is 31.7 Å². The predicted octanol–water partition coefficient (Wildman–Crippen LogP) is 9.47. The van der Waals surface area contributed by atoms with Crippen molar-refractivity contribution in [3.63, 3.8) is 0 Å². The maximum absolute atomic E-state index is 13.8. The smallest absolute Gasteiger partial charge is 0.387 e. The molecule has 47 heavy (non-hydrogen) atoms. The monoisotopic (exact) mass is 655 g/mol. The van der Waals surface area contributed by atoms with Crippen molar-refractivity contribution >= 4 is 22.9 Å². The zero-order valence-corrected chi connectivity index (χ0v) is 29.7. The first kappa shape index (κ1) is 38.2. The summed E-state index contributed by atoms with van der Waals surface area (Å²) in [6.07, 6.45) is 10.4. The highest BCUT2D eigenvalue weighted by molar-refractivity contribution is 5.97. The fourth-order valence-electron chi connectivity index (χ4n) is 5.70. The molecule has 0 saturated heterocycles. The number of carbonyl (C=O) groups is 1. The Hall–Kier alpha value is -3.20. The van der Waals surface area contributed by atoms with E-state index in [1.807, 2.05) is 29.2 Å². The zero-order valence-electron chi connectivity index (χ0n) is 29.7. The minimum Gasteiger partial charge on any atom is -0.435 e. The Morgan fingerprint density at radius 2 is 1.57 bits per heavy atom. The van der Waals surface area contributed by atoms with Crippen LogP contribution in [0.2, 0.25) is 0 Å². The van der Waals surface area contributed by atoms with E-state index < -0.39 is 6.61 Å². The van der Waals surface area contributed by atoms with Crippen LogP contribution in [0.1, 0.15) is 108 Å². The molecule has 1 heterocycles. The lowest BCUT2D eigenvalue weighted by Gasteiger charge is -2.24. The standard InChI is InChI=1S/C38H59F2N5O2/c1-7-8-9-10-11-21-43(6)22-12-13-23-45-35-27-32(36(46)44(24-19-29(2)3)25-20-30(4)5)17-18-34(35)42-38(45)41-28-31-15-14-16-33(26-31)47-37(39)40/h14-18,26-27,29-30,37H,7-13,19-25,28H2,1-6H3,(H,41,42). The molecule has 3 rings (SSSR count). The molecule has 0 aliphatic carbocycles. The highest BCUT2D eigenvalue weighted by atomic mass is 19.3. The summed E-state index contributed by atoms with van der Waals surface area (Å²) in [6.45, 7) is 12.9. The van der Waals surface area contributed by atoms with Crippen LogP contribution in [-0.2, 0) is 13.1 Å². The number of rotatable bonds is 23. The van der Waals surface area contributed by atoms with E-state index in [9.17, 15) is 13.6 Å². The van der Waals surface area contributed by atoms with Gasteiger partial charge in [0.1, 0.15) is 5.75 Å². The van der Waals surface area contributed by atoms with Crippen molar-refractivity contribution < 1.29 is 18.3 Å². The van der Waals surface area contributed by atoms with Gasteiger partial charge in [-0.15, -0.1) is 0 Å². The van der Waals surface area contributed by atoms with Gasteiger partial charge in [-0.1, -0.05) is 72.4 Å². The Bertz CT molecular complexity index is 1330. The van der Waals surface area contributed by atoms with Gasteiger partial charge in [0.25, 0.3) is 5.91 Å². The first-order chi connectivity index (χ1) is 22.6. The molecule has 7 nitrogen and oxygen atoms in total. The summed E-state index contributed by atoms with van der Waals surface area (Å²) in [7, 11) is 2.20. The van der Waals surface area contributed by atoms with Crippen molar-refractivity contribution in [2.24, 2.45) is 11.8 Å². The molecule has 0 radical (unpaired) electrons.